The molecule has 2 heterocycles. The van der Waals surface area contributed by atoms with Gasteiger partial charge in [-0.15, -0.1) is 0 Å². The van der Waals surface area contributed by atoms with E-state index in [1.807, 2.05) is 19.1 Å². The maximum Gasteiger partial charge on any atom is 0.150 e. The van der Waals surface area contributed by atoms with Crippen LogP contribution in [0.4, 0.5) is 5.82 Å². The van der Waals surface area contributed by atoms with Gasteiger partial charge in [0.05, 0.1) is 16.1 Å². The summed E-state index contributed by atoms with van der Waals surface area (Å²) in [6, 6.07) is 5.42. The van der Waals surface area contributed by atoms with E-state index in [-0.39, 0.29) is 11.2 Å². The monoisotopic (exact) mass is 301 g/mol. The molecule has 0 amide bonds. The Morgan fingerprint density at radius 2 is 2.00 bits per heavy atom. The van der Waals surface area contributed by atoms with Gasteiger partial charge in [-0.2, -0.15) is 0 Å². The van der Waals surface area contributed by atoms with Crippen molar-refractivity contribution in [2.75, 3.05) is 5.32 Å². The average molecular weight is 303 g/mol. The van der Waals surface area contributed by atoms with E-state index in [9.17, 15) is 0 Å². The lowest BCUT2D eigenvalue weighted by Gasteiger charge is -2.15. The van der Waals surface area contributed by atoms with Crippen LogP contribution in [0, 0.1) is 0 Å². The number of anilines is 1. The second-order valence-corrected chi connectivity index (χ2v) is 4.92. The molecule has 0 spiro atoms. The smallest absolute Gasteiger partial charge is 0.150 e. The molecule has 18 heavy (non-hydrogen) atoms. The summed E-state index contributed by atoms with van der Waals surface area (Å²) in [5, 5.41) is 4.16. The van der Waals surface area contributed by atoms with Crippen LogP contribution >= 0.6 is 34.8 Å². The van der Waals surface area contributed by atoms with Crippen LogP contribution in [0.15, 0.2) is 30.6 Å². The van der Waals surface area contributed by atoms with Crippen LogP contribution in [0.3, 0.4) is 0 Å². The molecule has 0 aliphatic heterocycles. The standard InChI is InChI=1S/C12H10Cl3N3/c1-7(8-3-2-4-16-6-8)17-12-10(14)5-9(13)11(15)18-12/h2-7H,1H3,(H,17,18). The molecule has 1 N–H and O–H groups in total. The van der Waals surface area contributed by atoms with Crippen molar-refractivity contribution in [1.82, 2.24) is 9.97 Å². The zero-order valence-corrected chi connectivity index (χ0v) is 11.8. The third-order valence-corrected chi connectivity index (χ3v) is 3.39. The summed E-state index contributed by atoms with van der Waals surface area (Å²) in [6.45, 7) is 1.98. The van der Waals surface area contributed by atoms with Gasteiger partial charge in [0.15, 0.2) is 0 Å². The average Bonchev–Trinajstić information content (AvgIpc) is 2.37. The molecule has 0 saturated carbocycles. The molecular formula is C12H10Cl3N3. The Morgan fingerprint density at radius 3 is 2.67 bits per heavy atom. The predicted octanol–water partition coefficient (Wildman–Crippen LogP) is 4.61. The Labute approximate surface area is 120 Å². The van der Waals surface area contributed by atoms with Gasteiger partial charge in [0.25, 0.3) is 0 Å². The fourth-order valence-corrected chi connectivity index (χ4v) is 2.02. The minimum Gasteiger partial charge on any atom is -0.362 e. The van der Waals surface area contributed by atoms with Crippen molar-refractivity contribution < 1.29 is 0 Å². The minimum atomic E-state index is 0.0148. The second-order valence-electron chi connectivity index (χ2n) is 3.74. The molecule has 0 aliphatic rings. The second kappa shape index (κ2) is 5.74. The van der Waals surface area contributed by atoms with Crippen molar-refractivity contribution in [3.8, 4) is 0 Å². The van der Waals surface area contributed by atoms with Gasteiger partial charge in [-0.1, -0.05) is 40.9 Å². The molecule has 0 fully saturated rings. The normalized spacial score (nSPS) is 12.2. The minimum absolute atomic E-state index is 0.0148. The molecule has 0 aromatic carbocycles. The maximum absolute atomic E-state index is 6.05. The third-order valence-electron chi connectivity index (χ3n) is 2.42. The summed E-state index contributed by atoms with van der Waals surface area (Å²) < 4.78 is 0. The number of pyridine rings is 2. The lowest BCUT2D eigenvalue weighted by Crippen LogP contribution is -2.08. The predicted molar refractivity (Wildman–Crippen MR) is 75.5 cm³/mol. The van der Waals surface area contributed by atoms with Gasteiger partial charge in [0, 0.05) is 12.4 Å². The molecule has 6 heteroatoms. The van der Waals surface area contributed by atoms with Crippen LogP contribution in [-0.4, -0.2) is 9.97 Å². The molecule has 2 aromatic rings. The molecule has 1 unspecified atom stereocenters. The fraction of sp³-hybridized carbons (Fsp3) is 0.167. The molecule has 2 aromatic heterocycles. The summed E-state index contributed by atoms with van der Waals surface area (Å²) in [4.78, 5) is 8.17. The summed E-state index contributed by atoms with van der Waals surface area (Å²) in [6.07, 6.45) is 3.50. The number of nitrogens with one attached hydrogen (secondary N) is 1. The van der Waals surface area contributed by atoms with E-state index in [2.05, 4.69) is 15.3 Å². The Kier molecular flexibility index (Phi) is 4.27. The molecule has 0 radical (unpaired) electrons. The van der Waals surface area contributed by atoms with Crippen LogP contribution in [0.25, 0.3) is 0 Å². The van der Waals surface area contributed by atoms with Gasteiger partial charge in [-0.3, -0.25) is 4.98 Å². The van der Waals surface area contributed by atoms with Crippen molar-refractivity contribution in [2.24, 2.45) is 0 Å². The third kappa shape index (κ3) is 3.05. The first kappa shape index (κ1) is 13.4. The molecule has 0 bridgehead atoms. The number of aromatic nitrogens is 2. The van der Waals surface area contributed by atoms with Gasteiger partial charge >= 0.3 is 0 Å². The summed E-state index contributed by atoms with van der Waals surface area (Å²) in [5.41, 5.74) is 1.03. The van der Waals surface area contributed by atoms with E-state index >= 15 is 0 Å². The highest BCUT2D eigenvalue weighted by atomic mass is 35.5. The fourth-order valence-electron chi connectivity index (χ4n) is 1.47. The number of rotatable bonds is 3. The van der Waals surface area contributed by atoms with Crippen LogP contribution in [0.5, 0.6) is 0 Å². The van der Waals surface area contributed by atoms with E-state index in [0.717, 1.165) is 5.56 Å². The van der Waals surface area contributed by atoms with Crippen molar-refractivity contribution in [2.45, 2.75) is 13.0 Å². The largest absolute Gasteiger partial charge is 0.362 e. The van der Waals surface area contributed by atoms with Crippen LogP contribution in [0.2, 0.25) is 15.2 Å². The molecular weight excluding hydrogens is 293 g/mol. The molecule has 1 atom stereocenters. The number of hydrogen-bond acceptors (Lipinski definition) is 3. The van der Waals surface area contributed by atoms with E-state index in [1.165, 1.54) is 0 Å². The Balaban J connectivity index is 2.22. The zero-order valence-electron chi connectivity index (χ0n) is 9.49. The lowest BCUT2D eigenvalue weighted by molar-refractivity contribution is 0.866. The first-order valence-electron chi connectivity index (χ1n) is 5.26. The van der Waals surface area contributed by atoms with Crippen LogP contribution < -0.4 is 5.32 Å². The highest BCUT2D eigenvalue weighted by molar-refractivity contribution is 6.42. The first-order valence-corrected chi connectivity index (χ1v) is 6.39. The van der Waals surface area contributed by atoms with Gasteiger partial charge in [-0.25, -0.2) is 4.98 Å². The first-order chi connectivity index (χ1) is 8.58. The van der Waals surface area contributed by atoms with E-state index in [0.29, 0.717) is 15.9 Å². The van der Waals surface area contributed by atoms with Crippen molar-refractivity contribution >= 4 is 40.6 Å². The quantitative estimate of drug-likeness (QED) is 0.841. The molecule has 94 valence electrons. The SMILES string of the molecule is CC(Nc1nc(Cl)c(Cl)cc1Cl)c1cccnc1. The van der Waals surface area contributed by atoms with Gasteiger partial charge < -0.3 is 5.32 Å². The highest BCUT2D eigenvalue weighted by Gasteiger charge is 2.11. The molecule has 2 rings (SSSR count). The summed E-state index contributed by atoms with van der Waals surface area (Å²) in [7, 11) is 0. The number of hydrogen-bond donors (Lipinski definition) is 1. The molecule has 3 nitrogen and oxygen atoms in total. The Morgan fingerprint density at radius 1 is 1.22 bits per heavy atom. The number of nitrogens with zero attached hydrogens (tertiary/aromatic N) is 2. The van der Waals surface area contributed by atoms with Gasteiger partial charge in [-0.05, 0) is 24.6 Å². The van der Waals surface area contributed by atoms with Gasteiger partial charge in [0.2, 0.25) is 0 Å². The van der Waals surface area contributed by atoms with Crippen molar-refractivity contribution in [1.29, 1.82) is 0 Å². The molecule has 0 aliphatic carbocycles. The van der Waals surface area contributed by atoms with Crippen molar-refractivity contribution in [3.05, 3.63) is 51.4 Å². The molecule has 0 saturated heterocycles. The maximum atomic E-state index is 6.05. The summed E-state index contributed by atoms with van der Waals surface area (Å²) in [5.74, 6) is 0.502. The van der Waals surface area contributed by atoms with E-state index in [1.54, 1.807) is 18.5 Å². The zero-order chi connectivity index (χ0) is 13.1. The lowest BCUT2D eigenvalue weighted by atomic mass is 10.1. The Hall–Kier alpha value is -1.03. The van der Waals surface area contributed by atoms with E-state index < -0.39 is 0 Å². The van der Waals surface area contributed by atoms with Crippen LogP contribution in [-0.2, 0) is 0 Å². The van der Waals surface area contributed by atoms with Gasteiger partial charge in [0.1, 0.15) is 11.0 Å². The summed E-state index contributed by atoms with van der Waals surface area (Å²) >= 11 is 17.7. The van der Waals surface area contributed by atoms with E-state index in [4.69, 9.17) is 34.8 Å². The topological polar surface area (TPSA) is 37.8 Å². The number of halogens is 3. The van der Waals surface area contributed by atoms with Crippen LogP contribution in [0.1, 0.15) is 18.5 Å². The highest BCUT2D eigenvalue weighted by Crippen LogP contribution is 2.30. The Bertz CT molecular complexity index is 546. The van der Waals surface area contributed by atoms with Crippen molar-refractivity contribution in [3.63, 3.8) is 0 Å².